The van der Waals surface area contributed by atoms with Crippen molar-refractivity contribution >= 4 is 29.1 Å². The summed E-state index contributed by atoms with van der Waals surface area (Å²) in [5, 5.41) is 47.3. The molecule has 0 radical (unpaired) electrons. The Morgan fingerprint density at radius 3 is 2.41 bits per heavy atom. The first kappa shape index (κ1) is 21.7. The second kappa shape index (κ2) is 8.19. The van der Waals surface area contributed by atoms with Gasteiger partial charge in [-0.2, -0.15) is 34.7 Å². The lowest BCUT2D eigenvalue weighted by atomic mass is 10.2. The topological polar surface area (TPSA) is 170 Å². The van der Waals surface area contributed by atoms with E-state index in [4.69, 9.17) is 6.57 Å². The van der Waals surface area contributed by atoms with Gasteiger partial charge in [-0.05, 0) is 26.0 Å². The van der Waals surface area contributed by atoms with Gasteiger partial charge in [0.2, 0.25) is 11.8 Å². The maximum absolute atomic E-state index is 12.6. The van der Waals surface area contributed by atoms with Gasteiger partial charge >= 0.3 is 0 Å². The molecule has 0 aliphatic carbocycles. The molecule has 0 unspecified atom stereocenters. The molecule has 12 nitrogen and oxygen atoms in total. The summed E-state index contributed by atoms with van der Waals surface area (Å²) in [5.41, 5.74) is 0.326. The summed E-state index contributed by atoms with van der Waals surface area (Å²) < 4.78 is 2.04. The second-order valence-corrected chi connectivity index (χ2v) is 6.96. The summed E-state index contributed by atoms with van der Waals surface area (Å²) in [7, 11) is 0. The van der Waals surface area contributed by atoms with Crippen LogP contribution in [0, 0.1) is 43.1 Å². The third-order valence-corrected chi connectivity index (χ3v) is 4.91. The van der Waals surface area contributed by atoms with E-state index in [9.17, 15) is 25.5 Å². The first-order valence-electron chi connectivity index (χ1n) is 9.59. The number of hydrogen-bond donors (Lipinski definition) is 2. The average Bonchev–Trinajstić information content (AvgIpc) is 3.31. The van der Waals surface area contributed by atoms with Crippen LogP contribution in [-0.2, 0) is 0 Å². The van der Waals surface area contributed by atoms with Crippen molar-refractivity contribution in [2.75, 3.05) is 0 Å². The normalized spacial score (nSPS) is 12.0. The molecule has 164 valence electrons. The zero-order valence-electron chi connectivity index (χ0n) is 17.7. The molecule has 4 rings (SSSR count). The van der Waals surface area contributed by atoms with Crippen molar-refractivity contribution in [3.8, 4) is 23.9 Å². The number of rotatable bonds is 3. The lowest BCUT2D eigenvalue weighted by Crippen LogP contribution is -2.32. The van der Waals surface area contributed by atoms with E-state index in [0.29, 0.717) is 11.4 Å². The first-order valence-corrected chi connectivity index (χ1v) is 9.59. The fourth-order valence-electron chi connectivity index (χ4n) is 3.29. The molecule has 4 heterocycles. The Labute approximate surface area is 190 Å². The molecule has 0 aliphatic rings. The lowest BCUT2D eigenvalue weighted by molar-refractivity contribution is 0.433. The second-order valence-electron chi connectivity index (χ2n) is 6.96. The van der Waals surface area contributed by atoms with E-state index in [2.05, 4.69) is 25.0 Å². The minimum atomic E-state index is -0.649. The van der Waals surface area contributed by atoms with Crippen LogP contribution in [0.15, 0.2) is 23.0 Å². The van der Waals surface area contributed by atoms with E-state index < -0.39 is 11.4 Å². The first-order chi connectivity index (χ1) is 16.3. The van der Waals surface area contributed by atoms with Gasteiger partial charge in [-0.25, -0.2) is 9.83 Å². The van der Waals surface area contributed by atoms with E-state index >= 15 is 0 Å². The summed E-state index contributed by atoms with van der Waals surface area (Å²) >= 11 is 0. The Hall–Kier alpha value is -5.54. The number of aryl methyl sites for hydroxylation is 2. The molecule has 0 fully saturated rings. The molecular formula is C22H13N9O3. The van der Waals surface area contributed by atoms with Crippen molar-refractivity contribution < 1.29 is 10.2 Å². The zero-order valence-corrected chi connectivity index (χ0v) is 17.7. The molecule has 2 N–H and O–H groups in total. The summed E-state index contributed by atoms with van der Waals surface area (Å²) in [4.78, 5) is 24.0. The lowest BCUT2D eigenvalue weighted by Gasteiger charge is -2.04. The molecule has 0 spiro atoms. The third kappa shape index (κ3) is 3.27. The standard InChI is InChI=1S/C22H13N9O3/c1-11-15(9-23)18-27-20(32)14(22(34)30(18)28-11)8-6-4-5-7-13-16(10-24)26-19-17(25-3)12(2)29-31(19)21(13)33/h4-8,33H,1-2H3,(H,27,32)/b6-4?,7-5?,14-8+. The van der Waals surface area contributed by atoms with Crippen LogP contribution >= 0.6 is 0 Å². The summed E-state index contributed by atoms with van der Waals surface area (Å²) in [5.74, 6) is -0.907. The Bertz CT molecular complexity index is 1810. The van der Waals surface area contributed by atoms with Gasteiger partial charge in [-0.15, -0.1) is 0 Å². The average molecular weight is 451 g/mol. The highest BCUT2D eigenvalue weighted by Crippen LogP contribution is 2.30. The van der Waals surface area contributed by atoms with Gasteiger partial charge in [0, 0.05) is 0 Å². The smallest absolute Gasteiger partial charge is 0.285 e. The predicted octanol–water partition coefficient (Wildman–Crippen LogP) is 1.22. The third-order valence-electron chi connectivity index (χ3n) is 4.91. The largest absolute Gasteiger partial charge is 0.493 e. The van der Waals surface area contributed by atoms with E-state index in [1.54, 1.807) is 13.8 Å². The molecule has 4 aromatic rings. The van der Waals surface area contributed by atoms with Gasteiger partial charge in [0.1, 0.15) is 22.9 Å². The monoisotopic (exact) mass is 451 g/mol. The van der Waals surface area contributed by atoms with Gasteiger partial charge in [0.25, 0.3) is 11.2 Å². The van der Waals surface area contributed by atoms with Crippen molar-refractivity contribution in [1.29, 1.82) is 10.5 Å². The minimum absolute atomic E-state index is 0.0267. The Morgan fingerprint density at radius 1 is 1.00 bits per heavy atom. The molecule has 34 heavy (non-hydrogen) atoms. The van der Waals surface area contributed by atoms with Crippen LogP contribution in [0.25, 0.3) is 28.3 Å². The quantitative estimate of drug-likeness (QED) is 0.343. The molecule has 0 bridgehead atoms. The van der Waals surface area contributed by atoms with E-state index in [-0.39, 0.29) is 44.9 Å². The molecule has 0 saturated carbocycles. The van der Waals surface area contributed by atoms with Gasteiger partial charge in [-0.3, -0.25) is 4.79 Å². The molecule has 12 heteroatoms. The van der Waals surface area contributed by atoms with Gasteiger partial charge in [-0.1, -0.05) is 18.2 Å². The fraction of sp³-hybridized carbons (Fsp3) is 0.0909. The van der Waals surface area contributed by atoms with Crippen LogP contribution in [0.5, 0.6) is 11.8 Å². The van der Waals surface area contributed by atoms with E-state index in [1.165, 1.54) is 30.4 Å². The number of nitrogens with zero attached hydrogens (tertiary/aromatic N) is 9. The number of aromatic hydroxyl groups is 2. The van der Waals surface area contributed by atoms with Crippen molar-refractivity contribution in [1.82, 2.24) is 29.2 Å². The van der Waals surface area contributed by atoms with Crippen molar-refractivity contribution in [2.24, 2.45) is 0 Å². The molecule has 0 saturated heterocycles. The maximum Gasteiger partial charge on any atom is 0.285 e. The summed E-state index contributed by atoms with van der Waals surface area (Å²) in [6.45, 7) is 10.4. The van der Waals surface area contributed by atoms with Crippen LogP contribution in [-0.4, -0.2) is 39.4 Å². The van der Waals surface area contributed by atoms with Crippen LogP contribution in [0.4, 0.5) is 5.69 Å². The number of nitriles is 2. The van der Waals surface area contributed by atoms with Gasteiger partial charge in [0.05, 0.1) is 23.5 Å². The van der Waals surface area contributed by atoms with Crippen LogP contribution in [0.3, 0.4) is 0 Å². The molecule has 0 aliphatic heterocycles. The molecule has 0 aromatic carbocycles. The van der Waals surface area contributed by atoms with Gasteiger partial charge in [0.15, 0.2) is 17.0 Å². The van der Waals surface area contributed by atoms with Crippen molar-refractivity contribution in [3.63, 3.8) is 0 Å². The van der Waals surface area contributed by atoms with Crippen molar-refractivity contribution in [2.45, 2.75) is 13.8 Å². The van der Waals surface area contributed by atoms with Crippen LogP contribution in [0.2, 0.25) is 0 Å². The molecule has 4 aromatic heterocycles. The fourth-order valence-corrected chi connectivity index (χ4v) is 3.29. The number of hydrogen-bond acceptors (Lipinski definition) is 9. The highest BCUT2D eigenvalue weighted by Gasteiger charge is 2.19. The predicted molar refractivity (Wildman–Crippen MR) is 119 cm³/mol. The molecule has 0 atom stereocenters. The maximum atomic E-state index is 12.6. The number of aromatic nitrogens is 6. The number of fused-ring (bicyclic) bond motifs is 2. The summed E-state index contributed by atoms with van der Waals surface area (Å²) in [6, 6.07) is 3.79. The Balaban J connectivity index is 1.73. The number of allylic oxidation sites excluding steroid dienone is 3. The Morgan fingerprint density at radius 2 is 1.74 bits per heavy atom. The SMILES string of the molecule is [C-]#[N+]c1c(C)nn2c(O)c(C=CC=C/C=c3\c(O)nc4c(C#N)c(C)nn4c3=O)c(C#N)nc12. The van der Waals surface area contributed by atoms with Crippen LogP contribution in [0.1, 0.15) is 28.2 Å². The highest BCUT2D eigenvalue weighted by atomic mass is 16.3. The zero-order chi connectivity index (χ0) is 24.6. The van der Waals surface area contributed by atoms with E-state index in [1.807, 2.05) is 12.1 Å². The highest BCUT2D eigenvalue weighted by molar-refractivity contribution is 5.75. The van der Waals surface area contributed by atoms with Crippen LogP contribution < -0.4 is 10.8 Å². The minimum Gasteiger partial charge on any atom is -0.493 e. The summed E-state index contributed by atoms with van der Waals surface area (Å²) in [6.07, 6.45) is 7.12. The van der Waals surface area contributed by atoms with E-state index in [0.717, 1.165) is 9.03 Å². The van der Waals surface area contributed by atoms with Crippen molar-refractivity contribution in [3.05, 3.63) is 73.4 Å². The Kier molecular flexibility index (Phi) is 5.22. The molecular weight excluding hydrogens is 438 g/mol. The van der Waals surface area contributed by atoms with Gasteiger partial charge < -0.3 is 10.2 Å². The molecule has 0 amide bonds.